The molecule has 0 unspecified atom stereocenters. The number of nitrogens with one attached hydrogen (secondary N) is 3. The highest BCUT2D eigenvalue weighted by Crippen LogP contribution is 2.08. The fourth-order valence-corrected chi connectivity index (χ4v) is 3.70. The first-order valence-electron chi connectivity index (χ1n) is 13.3. The third-order valence-electron chi connectivity index (χ3n) is 5.96. The van der Waals surface area contributed by atoms with Crippen molar-refractivity contribution < 1.29 is 48.5 Å². The molecule has 0 aliphatic heterocycles. The molecule has 232 valence electrons. The van der Waals surface area contributed by atoms with E-state index in [2.05, 4.69) is 16.0 Å². The van der Waals surface area contributed by atoms with Crippen LogP contribution in [-0.4, -0.2) is 95.4 Å². The van der Waals surface area contributed by atoms with Gasteiger partial charge in [-0.05, 0) is 44.2 Å². The first kappa shape index (κ1) is 35.5. The van der Waals surface area contributed by atoms with Crippen LogP contribution >= 0.6 is 0 Å². The smallest absolute Gasteiger partial charge is 0.408 e. The Morgan fingerprint density at radius 1 is 0.810 bits per heavy atom. The van der Waals surface area contributed by atoms with Crippen LogP contribution in [0.1, 0.15) is 50.5 Å². The summed E-state index contributed by atoms with van der Waals surface area (Å²) in [5.41, 5.74) is 6.19. The number of carbonyl (C=O) groups excluding carboxylic acids is 5. The second-order valence-corrected chi connectivity index (χ2v) is 9.59. The number of amides is 4. The Hall–Kier alpha value is -4.53. The van der Waals surface area contributed by atoms with Gasteiger partial charge in [0, 0.05) is 26.9 Å². The van der Waals surface area contributed by atoms with Gasteiger partial charge in [-0.15, -0.1) is 0 Å². The quantitative estimate of drug-likeness (QED) is 0.0905. The molecule has 0 saturated heterocycles. The maximum atomic E-state index is 13.1. The summed E-state index contributed by atoms with van der Waals surface area (Å²) in [7, 11) is 2.80. The van der Waals surface area contributed by atoms with Gasteiger partial charge in [-0.3, -0.25) is 28.8 Å². The molecule has 3 atom stereocenters. The fourth-order valence-electron chi connectivity index (χ4n) is 3.70. The average molecular weight is 594 g/mol. The van der Waals surface area contributed by atoms with E-state index in [1.165, 1.54) is 14.1 Å². The monoisotopic (exact) mass is 593 g/mol. The molecule has 0 aromatic heterocycles. The Balaban J connectivity index is 3.04. The molecule has 0 radical (unpaired) electrons. The number of nitrogens with zero attached hydrogens (tertiary/aromatic N) is 1. The normalized spacial score (nSPS) is 12.6. The summed E-state index contributed by atoms with van der Waals surface area (Å²) in [5, 5.41) is 25.0. The van der Waals surface area contributed by atoms with Crippen LogP contribution in [0.2, 0.25) is 0 Å². The summed E-state index contributed by atoms with van der Waals surface area (Å²) in [5.74, 6) is -6.35. The molecule has 1 rings (SSSR count). The number of carboxylic acid groups (broad SMARTS) is 2. The lowest BCUT2D eigenvalue weighted by molar-refractivity contribution is -0.143. The molecule has 4 amide bonds. The molecule has 15 nitrogen and oxygen atoms in total. The summed E-state index contributed by atoms with van der Waals surface area (Å²) in [6.45, 7) is 0.153. The van der Waals surface area contributed by atoms with E-state index in [9.17, 15) is 33.6 Å². The predicted octanol–water partition coefficient (Wildman–Crippen LogP) is -0.233. The minimum absolute atomic E-state index is 0.0271. The van der Waals surface area contributed by atoms with E-state index in [1.54, 1.807) is 30.3 Å². The molecule has 0 fully saturated rings. The molecule has 1 aromatic rings. The van der Waals surface area contributed by atoms with Gasteiger partial charge in [0.2, 0.25) is 17.6 Å². The van der Waals surface area contributed by atoms with Gasteiger partial charge in [-0.1, -0.05) is 30.3 Å². The number of unbranched alkanes of at least 4 members (excludes halogenated alkanes) is 1. The summed E-state index contributed by atoms with van der Waals surface area (Å²) < 4.78 is 5.11. The minimum Gasteiger partial charge on any atom is -0.481 e. The van der Waals surface area contributed by atoms with Crippen molar-refractivity contribution in [2.24, 2.45) is 5.73 Å². The number of hydrogen-bond donors (Lipinski definition) is 6. The number of ether oxygens (including phenoxy) is 1. The number of Topliss-reactive ketones (excluding diaryl/α,β-unsaturated/α-hetero) is 1. The van der Waals surface area contributed by atoms with Gasteiger partial charge in [0.15, 0.2) is 0 Å². The van der Waals surface area contributed by atoms with Crippen LogP contribution in [0, 0.1) is 0 Å². The number of hydrogen-bond acceptors (Lipinski definition) is 9. The number of rotatable bonds is 19. The molecule has 1 aromatic carbocycles. The van der Waals surface area contributed by atoms with E-state index in [0.29, 0.717) is 18.4 Å². The number of likely N-dealkylation sites (N-methyl/N-ethyl adjacent to an activating group) is 1. The zero-order valence-corrected chi connectivity index (χ0v) is 23.7. The summed E-state index contributed by atoms with van der Waals surface area (Å²) in [4.78, 5) is 87.2. The van der Waals surface area contributed by atoms with Crippen molar-refractivity contribution in [3.05, 3.63) is 35.9 Å². The number of alkyl carbamates (subject to hydrolysis) is 1. The maximum absolute atomic E-state index is 13.1. The first-order valence-corrected chi connectivity index (χ1v) is 13.3. The Morgan fingerprint density at radius 2 is 1.40 bits per heavy atom. The number of nitrogens with two attached hydrogens (primary N) is 1. The molecule has 15 heteroatoms. The SMILES string of the molecule is CN(C)C(=O)[C@H](CCC(=O)O)NC(=O)C(=O)[C@H](CCCCN)NC(=O)[C@H](CCC(=O)O)NC(=O)OCc1ccccc1. The molecule has 0 heterocycles. The van der Waals surface area contributed by atoms with Crippen molar-refractivity contribution in [3.63, 3.8) is 0 Å². The summed E-state index contributed by atoms with van der Waals surface area (Å²) in [6.07, 6.45) is -1.82. The highest BCUT2D eigenvalue weighted by atomic mass is 16.5. The molecule has 0 saturated carbocycles. The average Bonchev–Trinajstić information content (AvgIpc) is 2.95. The Kier molecular flexibility index (Phi) is 15.8. The number of carboxylic acids is 2. The first-order chi connectivity index (χ1) is 19.8. The lowest BCUT2D eigenvalue weighted by atomic mass is 10.0. The predicted molar refractivity (Wildman–Crippen MR) is 148 cm³/mol. The number of carbonyl (C=O) groups is 7. The van der Waals surface area contributed by atoms with Gasteiger partial charge in [0.05, 0.1) is 6.04 Å². The number of benzene rings is 1. The molecule has 7 N–H and O–H groups in total. The molecule has 0 spiro atoms. The minimum atomic E-state index is -1.42. The number of aliphatic carboxylic acids is 2. The van der Waals surface area contributed by atoms with Gasteiger partial charge in [0.1, 0.15) is 18.7 Å². The standard InChI is InChI=1S/C27H39N5O10/c1-32(2)26(40)20(12-14-22(35)36)30-25(39)23(37)18(10-6-7-15-28)29-24(38)19(11-13-21(33)34)31-27(41)42-16-17-8-4-3-5-9-17/h3-5,8-9,18-20H,6-7,10-16,28H2,1-2H3,(H,29,38)(H,30,39)(H,31,41)(H,33,34)(H,35,36)/t18-,19-,20-/m0/s1. The second kappa shape index (κ2) is 18.7. The lowest BCUT2D eigenvalue weighted by Gasteiger charge is -2.24. The van der Waals surface area contributed by atoms with E-state index >= 15 is 0 Å². The van der Waals surface area contributed by atoms with E-state index in [0.717, 1.165) is 4.90 Å². The Bertz CT molecular complexity index is 1100. The van der Waals surface area contributed by atoms with Gasteiger partial charge >= 0.3 is 18.0 Å². The zero-order valence-electron chi connectivity index (χ0n) is 23.7. The van der Waals surface area contributed by atoms with E-state index in [1.807, 2.05) is 0 Å². The molecule has 0 aliphatic rings. The van der Waals surface area contributed by atoms with E-state index in [4.69, 9.17) is 20.7 Å². The fraction of sp³-hybridized carbons (Fsp3) is 0.519. The van der Waals surface area contributed by atoms with Crippen molar-refractivity contribution >= 4 is 41.5 Å². The lowest BCUT2D eigenvalue weighted by Crippen LogP contribution is -2.56. The Morgan fingerprint density at radius 3 is 1.95 bits per heavy atom. The van der Waals surface area contributed by atoms with Gasteiger partial charge in [0.25, 0.3) is 5.91 Å². The van der Waals surface area contributed by atoms with E-state index < -0.39 is 72.5 Å². The van der Waals surface area contributed by atoms with Crippen molar-refractivity contribution in [1.82, 2.24) is 20.9 Å². The summed E-state index contributed by atoms with van der Waals surface area (Å²) >= 11 is 0. The zero-order chi connectivity index (χ0) is 31.7. The highest BCUT2D eigenvalue weighted by Gasteiger charge is 2.33. The van der Waals surface area contributed by atoms with Crippen LogP contribution in [0.5, 0.6) is 0 Å². The van der Waals surface area contributed by atoms with Crippen LogP contribution in [0.3, 0.4) is 0 Å². The molecular formula is C27H39N5O10. The van der Waals surface area contributed by atoms with Crippen LogP contribution in [0.15, 0.2) is 30.3 Å². The molecule has 42 heavy (non-hydrogen) atoms. The Labute approximate surface area is 243 Å². The van der Waals surface area contributed by atoms with Crippen molar-refractivity contribution in [3.8, 4) is 0 Å². The van der Waals surface area contributed by atoms with Gasteiger partial charge in [-0.25, -0.2) is 4.79 Å². The second-order valence-electron chi connectivity index (χ2n) is 9.59. The van der Waals surface area contributed by atoms with Crippen molar-refractivity contribution in [2.75, 3.05) is 20.6 Å². The van der Waals surface area contributed by atoms with Crippen molar-refractivity contribution in [2.45, 2.75) is 69.7 Å². The van der Waals surface area contributed by atoms with Crippen LogP contribution in [0.4, 0.5) is 4.79 Å². The largest absolute Gasteiger partial charge is 0.481 e. The third-order valence-corrected chi connectivity index (χ3v) is 5.96. The number of ketones is 1. The topological polar surface area (TPSA) is 235 Å². The highest BCUT2D eigenvalue weighted by molar-refractivity contribution is 6.38. The maximum Gasteiger partial charge on any atom is 0.408 e. The van der Waals surface area contributed by atoms with Crippen LogP contribution in [-0.2, 0) is 40.1 Å². The van der Waals surface area contributed by atoms with Gasteiger partial charge in [-0.2, -0.15) is 0 Å². The van der Waals surface area contributed by atoms with E-state index in [-0.39, 0.29) is 32.4 Å². The van der Waals surface area contributed by atoms with Crippen LogP contribution < -0.4 is 21.7 Å². The third kappa shape index (κ3) is 13.7. The molecule has 0 bridgehead atoms. The van der Waals surface area contributed by atoms with Gasteiger partial charge < -0.3 is 41.5 Å². The summed E-state index contributed by atoms with van der Waals surface area (Å²) in [6, 6.07) is 4.54. The molecule has 0 aliphatic carbocycles. The molecular weight excluding hydrogens is 554 g/mol. The van der Waals surface area contributed by atoms with Crippen LogP contribution in [0.25, 0.3) is 0 Å². The van der Waals surface area contributed by atoms with Crippen molar-refractivity contribution in [1.29, 1.82) is 0 Å².